The topological polar surface area (TPSA) is 32.8 Å². The van der Waals surface area contributed by atoms with E-state index < -0.39 is 5.60 Å². The van der Waals surface area contributed by atoms with Crippen LogP contribution in [0.4, 0.5) is 4.79 Å². The van der Waals surface area contributed by atoms with E-state index in [2.05, 4.69) is 56.3 Å². The lowest BCUT2D eigenvalue weighted by Gasteiger charge is -2.34. The molecule has 1 heterocycles. The predicted molar refractivity (Wildman–Crippen MR) is 98.5 cm³/mol. The molecule has 0 saturated heterocycles. The van der Waals surface area contributed by atoms with Crippen LogP contribution in [0.15, 0.2) is 30.3 Å². The molecule has 0 saturated carbocycles. The Balaban J connectivity index is 2.23. The van der Waals surface area contributed by atoms with E-state index in [-0.39, 0.29) is 6.09 Å². The van der Waals surface area contributed by atoms with E-state index in [0.717, 1.165) is 24.2 Å². The van der Waals surface area contributed by atoms with Crippen molar-refractivity contribution >= 4 is 11.8 Å². The first-order valence-corrected chi connectivity index (χ1v) is 8.60. The highest BCUT2D eigenvalue weighted by Crippen LogP contribution is 2.29. The quantitative estimate of drug-likeness (QED) is 0.825. The van der Waals surface area contributed by atoms with Crippen LogP contribution in [0.2, 0.25) is 0 Å². The average molecular weight is 330 g/mol. The van der Waals surface area contributed by atoms with Crippen LogP contribution in [0.5, 0.6) is 0 Å². The Morgan fingerprint density at radius 1 is 1.25 bits per heavy atom. The summed E-state index contributed by atoms with van der Waals surface area (Å²) < 4.78 is 5.59. The van der Waals surface area contributed by atoms with E-state index in [4.69, 9.17) is 4.74 Å². The summed E-state index contributed by atoms with van der Waals surface area (Å²) in [5, 5.41) is 0. The maximum atomic E-state index is 12.6. The fourth-order valence-electron chi connectivity index (χ4n) is 2.82. The molecule has 4 nitrogen and oxygen atoms in total. The number of allylic oxidation sites excluding steroid dienone is 1. The molecule has 1 atom stereocenters. The summed E-state index contributed by atoms with van der Waals surface area (Å²) in [5.74, 6) is 0.439. The SMILES string of the molecule is C[C@H]1CC=C(c2ccc(CN(C)C)cc2)N(C(=O)OC(C)(C)C)C1. The second-order valence-electron chi connectivity index (χ2n) is 7.96. The fraction of sp³-hybridized carbons (Fsp3) is 0.550. The van der Waals surface area contributed by atoms with Gasteiger partial charge in [0.15, 0.2) is 0 Å². The van der Waals surface area contributed by atoms with Gasteiger partial charge >= 0.3 is 6.09 Å². The molecule has 1 aromatic carbocycles. The second kappa shape index (κ2) is 7.39. The molecule has 0 N–H and O–H groups in total. The summed E-state index contributed by atoms with van der Waals surface area (Å²) >= 11 is 0. The highest BCUT2D eigenvalue weighted by molar-refractivity contribution is 5.83. The molecule has 1 amide bonds. The molecule has 0 fully saturated rings. The van der Waals surface area contributed by atoms with E-state index in [9.17, 15) is 4.79 Å². The molecule has 0 unspecified atom stereocenters. The van der Waals surface area contributed by atoms with Gasteiger partial charge in [0.05, 0.1) is 5.70 Å². The zero-order valence-corrected chi connectivity index (χ0v) is 15.8. The highest BCUT2D eigenvalue weighted by Gasteiger charge is 2.29. The van der Waals surface area contributed by atoms with E-state index in [1.165, 1.54) is 5.56 Å². The predicted octanol–water partition coefficient (Wildman–Crippen LogP) is 4.37. The lowest BCUT2D eigenvalue weighted by molar-refractivity contribution is 0.0327. The summed E-state index contributed by atoms with van der Waals surface area (Å²) in [4.78, 5) is 16.5. The summed E-state index contributed by atoms with van der Waals surface area (Å²) in [6, 6.07) is 8.44. The lowest BCUT2D eigenvalue weighted by atomic mass is 9.98. The molecule has 1 aliphatic heterocycles. The number of hydrogen-bond donors (Lipinski definition) is 0. The van der Waals surface area contributed by atoms with Crippen molar-refractivity contribution in [3.63, 3.8) is 0 Å². The monoisotopic (exact) mass is 330 g/mol. The molecule has 0 aromatic heterocycles. The molecule has 24 heavy (non-hydrogen) atoms. The van der Waals surface area contributed by atoms with Crippen LogP contribution in [0.3, 0.4) is 0 Å². The van der Waals surface area contributed by atoms with E-state index in [1.54, 1.807) is 4.90 Å². The lowest BCUT2D eigenvalue weighted by Crippen LogP contribution is -2.39. The molecule has 0 bridgehead atoms. The third-order valence-corrected chi connectivity index (χ3v) is 3.86. The first-order chi connectivity index (χ1) is 11.2. The van der Waals surface area contributed by atoms with Crippen LogP contribution >= 0.6 is 0 Å². The maximum Gasteiger partial charge on any atom is 0.414 e. The highest BCUT2D eigenvalue weighted by atomic mass is 16.6. The molecule has 1 aliphatic rings. The van der Waals surface area contributed by atoms with Crippen molar-refractivity contribution in [1.29, 1.82) is 0 Å². The molecule has 0 radical (unpaired) electrons. The smallest absolute Gasteiger partial charge is 0.414 e. The third-order valence-electron chi connectivity index (χ3n) is 3.86. The molecule has 2 rings (SSSR count). The van der Waals surface area contributed by atoms with Crippen molar-refractivity contribution in [2.45, 2.75) is 46.3 Å². The van der Waals surface area contributed by atoms with Crippen molar-refractivity contribution in [3.8, 4) is 0 Å². The van der Waals surface area contributed by atoms with Crippen LogP contribution in [-0.2, 0) is 11.3 Å². The van der Waals surface area contributed by atoms with Crippen LogP contribution in [0.25, 0.3) is 5.70 Å². The van der Waals surface area contributed by atoms with Gasteiger partial charge in [0.1, 0.15) is 5.60 Å². The van der Waals surface area contributed by atoms with Crippen molar-refractivity contribution in [2.75, 3.05) is 20.6 Å². The number of carbonyl (C=O) groups is 1. The molecule has 0 aliphatic carbocycles. The molecule has 132 valence electrons. The van der Waals surface area contributed by atoms with Crippen molar-refractivity contribution in [2.24, 2.45) is 5.92 Å². The Morgan fingerprint density at radius 2 is 1.88 bits per heavy atom. The largest absolute Gasteiger partial charge is 0.443 e. The van der Waals surface area contributed by atoms with E-state index in [1.807, 2.05) is 20.8 Å². The van der Waals surface area contributed by atoms with Gasteiger partial charge in [-0.05, 0) is 58.3 Å². The van der Waals surface area contributed by atoms with Gasteiger partial charge in [-0.3, -0.25) is 4.90 Å². The zero-order chi connectivity index (χ0) is 17.9. The first-order valence-electron chi connectivity index (χ1n) is 8.60. The van der Waals surface area contributed by atoms with Gasteiger partial charge in [-0.25, -0.2) is 4.79 Å². The Bertz CT molecular complexity index is 597. The normalized spacial score (nSPS) is 18.5. The van der Waals surface area contributed by atoms with Gasteiger partial charge in [0, 0.05) is 13.1 Å². The molecule has 4 heteroatoms. The third kappa shape index (κ3) is 5.10. The van der Waals surface area contributed by atoms with Crippen LogP contribution in [0.1, 0.15) is 45.2 Å². The van der Waals surface area contributed by atoms with Gasteiger partial charge in [0.25, 0.3) is 0 Å². The van der Waals surface area contributed by atoms with Gasteiger partial charge in [-0.15, -0.1) is 0 Å². The average Bonchev–Trinajstić information content (AvgIpc) is 2.46. The summed E-state index contributed by atoms with van der Waals surface area (Å²) in [6.07, 6.45) is 2.87. The number of benzene rings is 1. The van der Waals surface area contributed by atoms with Gasteiger partial charge in [0.2, 0.25) is 0 Å². The zero-order valence-electron chi connectivity index (χ0n) is 15.8. The van der Waals surface area contributed by atoms with Crippen LogP contribution in [0, 0.1) is 5.92 Å². The Morgan fingerprint density at radius 3 is 2.42 bits per heavy atom. The Labute approximate surface area is 146 Å². The summed E-state index contributed by atoms with van der Waals surface area (Å²) in [6.45, 7) is 9.46. The molecule has 0 spiro atoms. The second-order valence-corrected chi connectivity index (χ2v) is 7.96. The summed E-state index contributed by atoms with van der Waals surface area (Å²) in [7, 11) is 4.12. The minimum Gasteiger partial charge on any atom is -0.443 e. The van der Waals surface area contributed by atoms with Crippen LogP contribution in [-0.4, -0.2) is 42.1 Å². The standard InChI is InChI=1S/C20H30N2O2/c1-15-7-12-18(22(13-15)19(23)24-20(2,3)4)17-10-8-16(9-11-17)14-21(5)6/h8-12,15H,7,13-14H2,1-6H3/t15-/m0/s1. The van der Waals surface area contributed by atoms with E-state index in [0.29, 0.717) is 12.5 Å². The number of nitrogens with zero attached hydrogens (tertiary/aromatic N) is 2. The minimum absolute atomic E-state index is 0.266. The summed E-state index contributed by atoms with van der Waals surface area (Å²) in [5.41, 5.74) is 2.80. The Hall–Kier alpha value is -1.81. The van der Waals surface area contributed by atoms with Gasteiger partial charge < -0.3 is 9.64 Å². The number of hydrogen-bond acceptors (Lipinski definition) is 3. The number of rotatable bonds is 3. The molecule has 1 aromatic rings. The fourth-order valence-corrected chi connectivity index (χ4v) is 2.82. The maximum absolute atomic E-state index is 12.6. The number of carbonyl (C=O) groups excluding carboxylic acids is 1. The number of amides is 1. The molecular weight excluding hydrogens is 300 g/mol. The molecular formula is C20H30N2O2. The van der Waals surface area contributed by atoms with Crippen LogP contribution < -0.4 is 0 Å². The van der Waals surface area contributed by atoms with Crippen molar-refractivity contribution in [1.82, 2.24) is 9.80 Å². The van der Waals surface area contributed by atoms with Crippen molar-refractivity contribution in [3.05, 3.63) is 41.5 Å². The van der Waals surface area contributed by atoms with Gasteiger partial charge in [-0.2, -0.15) is 0 Å². The van der Waals surface area contributed by atoms with Gasteiger partial charge in [-0.1, -0.05) is 37.3 Å². The van der Waals surface area contributed by atoms with Crippen molar-refractivity contribution < 1.29 is 9.53 Å². The van der Waals surface area contributed by atoms with E-state index >= 15 is 0 Å². The minimum atomic E-state index is -0.488. The first kappa shape index (κ1) is 18.5. The number of ether oxygens (including phenoxy) is 1. The Kier molecular flexibility index (Phi) is 5.70.